The van der Waals surface area contributed by atoms with E-state index in [2.05, 4.69) is 19.2 Å². The molecule has 0 spiro atoms. The van der Waals surface area contributed by atoms with Gasteiger partial charge in [0.1, 0.15) is 0 Å². The van der Waals surface area contributed by atoms with Crippen molar-refractivity contribution in [3.05, 3.63) is 35.4 Å². The van der Waals surface area contributed by atoms with E-state index < -0.39 is 51.4 Å². The van der Waals surface area contributed by atoms with Gasteiger partial charge in [0, 0.05) is 36.6 Å². The van der Waals surface area contributed by atoms with Gasteiger partial charge in [-0.05, 0) is 11.6 Å². The molecule has 0 unspecified atom stereocenters. The van der Waals surface area contributed by atoms with Gasteiger partial charge in [-0.3, -0.25) is 14.5 Å². The van der Waals surface area contributed by atoms with Crippen LogP contribution in [-0.2, 0) is 21.9 Å². The van der Waals surface area contributed by atoms with Gasteiger partial charge in [-0.15, -0.1) is 12.6 Å². The summed E-state index contributed by atoms with van der Waals surface area (Å²) in [5, 5.41) is 8.76. The Hall–Kier alpha value is -2.21. The molecule has 5 nitrogen and oxygen atoms in total. The average Bonchev–Trinajstić information content (AvgIpc) is 2.58. The number of hydrogen-bond donors (Lipinski definition) is 2. The smallest absolute Gasteiger partial charge is 0.418 e. The maximum absolute atomic E-state index is 13.5. The molecular formula is C17H16F6N2O3S. The number of aliphatic carboxylic acids is 1. The monoisotopic (exact) mass is 442 g/mol. The van der Waals surface area contributed by atoms with Crippen molar-refractivity contribution in [2.75, 3.05) is 32.7 Å². The Morgan fingerprint density at radius 3 is 1.97 bits per heavy atom. The minimum Gasteiger partial charge on any atom is -0.480 e. The Bertz CT molecular complexity index is 830. The molecule has 0 bridgehead atoms. The number of amides is 1. The molecule has 1 aliphatic rings. The van der Waals surface area contributed by atoms with E-state index in [0.29, 0.717) is 0 Å². The van der Waals surface area contributed by atoms with Gasteiger partial charge in [0.2, 0.25) is 0 Å². The first kappa shape index (κ1) is 23.1. The van der Waals surface area contributed by atoms with Gasteiger partial charge in [-0.2, -0.15) is 26.3 Å². The number of hydrogen-bond acceptors (Lipinski definition) is 4. The predicted molar refractivity (Wildman–Crippen MR) is 93.4 cm³/mol. The molecule has 160 valence electrons. The molecule has 1 aliphatic heterocycles. The number of carbonyl (C=O) groups excluding carboxylic acids is 1. The van der Waals surface area contributed by atoms with Crippen LogP contribution < -0.4 is 0 Å². The van der Waals surface area contributed by atoms with Crippen molar-refractivity contribution in [1.82, 2.24) is 9.80 Å². The number of nitrogens with zero attached hydrogens (tertiary/aromatic N) is 2. The molecule has 0 aromatic heterocycles. The van der Waals surface area contributed by atoms with Crippen molar-refractivity contribution < 1.29 is 41.0 Å². The third kappa shape index (κ3) is 5.24. The largest absolute Gasteiger partial charge is 0.480 e. The molecule has 0 atom stereocenters. The van der Waals surface area contributed by atoms with Gasteiger partial charge in [-0.25, -0.2) is 0 Å². The summed E-state index contributed by atoms with van der Waals surface area (Å²) in [6.45, 7) is 3.35. The third-order valence-electron chi connectivity index (χ3n) is 4.35. The topological polar surface area (TPSA) is 60.9 Å². The number of rotatable bonds is 4. The second-order valence-electron chi connectivity index (χ2n) is 6.32. The van der Waals surface area contributed by atoms with Gasteiger partial charge < -0.3 is 10.0 Å². The van der Waals surface area contributed by atoms with Crippen LogP contribution in [0.25, 0.3) is 5.57 Å². The Labute approximate surface area is 167 Å². The van der Waals surface area contributed by atoms with E-state index in [4.69, 9.17) is 5.11 Å². The summed E-state index contributed by atoms with van der Waals surface area (Å²) in [5.74, 6) is -2.03. The Kier molecular flexibility index (Phi) is 6.58. The summed E-state index contributed by atoms with van der Waals surface area (Å²) in [4.78, 5) is 25.0. The molecule has 1 fully saturated rings. The molecule has 1 N–H and O–H groups in total. The van der Waals surface area contributed by atoms with Crippen molar-refractivity contribution in [2.24, 2.45) is 0 Å². The number of halogens is 6. The van der Waals surface area contributed by atoms with Gasteiger partial charge in [0.15, 0.2) is 0 Å². The molecule has 1 aromatic rings. The first-order chi connectivity index (χ1) is 13.2. The number of carboxylic acids is 1. The zero-order valence-corrected chi connectivity index (χ0v) is 15.7. The standard InChI is InChI=1S/C17H16F6N2O3S/c1-9(15(28)25-6-4-24(5-7-25)8-12(26)27)10-2-3-11(29)14(17(21,22)23)13(10)16(18,19)20/h2-3,29H,1,4-8H2,(H,26,27). The van der Waals surface area contributed by atoms with E-state index in [1.165, 1.54) is 4.90 Å². The van der Waals surface area contributed by atoms with Crippen molar-refractivity contribution in [1.29, 1.82) is 0 Å². The molecule has 1 aromatic carbocycles. The van der Waals surface area contributed by atoms with Crippen LogP contribution in [0.1, 0.15) is 16.7 Å². The second-order valence-corrected chi connectivity index (χ2v) is 6.80. The molecule has 1 heterocycles. The molecule has 29 heavy (non-hydrogen) atoms. The zero-order chi connectivity index (χ0) is 22.1. The number of alkyl halides is 6. The van der Waals surface area contributed by atoms with Crippen LogP contribution in [0.15, 0.2) is 23.6 Å². The third-order valence-corrected chi connectivity index (χ3v) is 4.72. The predicted octanol–water partition coefficient (Wildman–Crippen LogP) is 3.25. The van der Waals surface area contributed by atoms with Crippen LogP contribution in [-0.4, -0.2) is 59.5 Å². The van der Waals surface area contributed by atoms with Gasteiger partial charge in [0.05, 0.1) is 17.7 Å². The second kappa shape index (κ2) is 8.27. The number of thiol groups is 1. The summed E-state index contributed by atoms with van der Waals surface area (Å²) < 4.78 is 80.3. The SMILES string of the molecule is C=C(C(=O)N1CCN(CC(=O)O)CC1)c1ccc(S)c(C(F)(F)F)c1C(F)(F)F. The van der Waals surface area contributed by atoms with Crippen LogP contribution in [0.3, 0.4) is 0 Å². The highest BCUT2D eigenvalue weighted by molar-refractivity contribution is 7.80. The van der Waals surface area contributed by atoms with Crippen molar-refractivity contribution >= 4 is 30.1 Å². The summed E-state index contributed by atoms with van der Waals surface area (Å²) in [5.41, 5.74) is -5.70. The van der Waals surface area contributed by atoms with Crippen LogP contribution in [0, 0.1) is 0 Å². The Morgan fingerprint density at radius 2 is 1.52 bits per heavy atom. The van der Waals surface area contributed by atoms with Crippen molar-refractivity contribution in [3.8, 4) is 0 Å². The van der Waals surface area contributed by atoms with Crippen LogP contribution in [0.4, 0.5) is 26.3 Å². The summed E-state index contributed by atoms with van der Waals surface area (Å²) in [6.07, 6.45) is -10.7. The minimum absolute atomic E-state index is 0.00324. The molecule has 1 amide bonds. The van der Waals surface area contributed by atoms with Gasteiger partial charge in [0.25, 0.3) is 5.91 Å². The lowest BCUT2D eigenvalue weighted by atomic mass is 9.94. The first-order valence-corrected chi connectivity index (χ1v) is 8.61. The van der Waals surface area contributed by atoms with E-state index >= 15 is 0 Å². The van der Waals surface area contributed by atoms with E-state index in [1.807, 2.05) is 0 Å². The highest BCUT2D eigenvalue weighted by Gasteiger charge is 2.47. The first-order valence-electron chi connectivity index (χ1n) is 8.16. The number of benzene rings is 1. The van der Waals surface area contributed by atoms with Gasteiger partial charge in [-0.1, -0.05) is 12.6 Å². The highest BCUT2D eigenvalue weighted by atomic mass is 32.1. The normalized spacial score (nSPS) is 16.0. The van der Waals surface area contributed by atoms with Crippen LogP contribution in [0.5, 0.6) is 0 Å². The quantitative estimate of drug-likeness (QED) is 0.427. The lowest BCUT2D eigenvalue weighted by Gasteiger charge is -2.34. The highest BCUT2D eigenvalue weighted by Crippen LogP contribution is 2.46. The maximum atomic E-state index is 13.5. The molecule has 0 radical (unpaired) electrons. The molecule has 0 saturated carbocycles. The van der Waals surface area contributed by atoms with E-state index in [1.54, 1.807) is 0 Å². The molecular weight excluding hydrogens is 426 g/mol. The number of carboxylic acid groups (broad SMARTS) is 1. The minimum atomic E-state index is -5.40. The molecule has 2 rings (SSSR count). The fourth-order valence-corrected chi connectivity index (χ4v) is 3.34. The number of carbonyl (C=O) groups is 2. The van der Waals surface area contributed by atoms with Gasteiger partial charge >= 0.3 is 18.3 Å². The Morgan fingerprint density at radius 1 is 1.00 bits per heavy atom. The van der Waals surface area contributed by atoms with Crippen LogP contribution in [0.2, 0.25) is 0 Å². The fraction of sp³-hybridized carbons (Fsp3) is 0.412. The van der Waals surface area contributed by atoms with E-state index in [0.717, 1.165) is 17.0 Å². The fourth-order valence-electron chi connectivity index (χ4n) is 3.03. The average molecular weight is 442 g/mol. The molecule has 0 aliphatic carbocycles. The van der Waals surface area contributed by atoms with E-state index in [-0.39, 0.29) is 32.7 Å². The maximum Gasteiger partial charge on any atom is 0.418 e. The number of piperazine rings is 1. The summed E-state index contributed by atoms with van der Waals surface area (Å²) in [7, 11) is 0. The molecule has 1 saturated heterocycles. The summed E-state index contributed by atoms with van der Waals surface area (Å²) >= 11 is 3.50. The summed E-state index contributed by atoms with van der Waals surface area (Å²) in [6, 6.07) is 1.47. The molecule has 12 heteroatoms. The van der Waals surface area contributed by atoms with Crippen molar-refractivity contribution in [2.45, 2.75) is 17.2 Å². The van der Waals surface area contributed by atoms with E-state index in [9.17, 15) is 35.9 Å². The lowest BCUT2D eigenvalue weighted by Crippen LogP contribution is -2.50. The van der Waals surface area contributed by atoms with Crippen LogP contribution >= 0.6 is 12.6 Å². The van der Waals surface area contributed by atoms with Crippen molar-refractivity contribution in [3.63, 3.8) is 0 Å². The lowest BCUT2D eigenvalue weighted by molar-refractivity contribution is -0.163. The zero-order valence-electron chi connectivity index (χ0n) is 14.8. The Balaban J connectivity index is 2.36.